The molecule has 396 valence electrons. The average Bonchev–Trinajstić information content (AvgIpc) is 4.17. The summed E-state index contributed by atoms with van der Waals surface area (Å²) in [6, 6.07) is 55.9. The first kappa shape index (κ1) is 70.3. The van der Waals surface area contributed by atoms with E-state index in [4.69, 9.17) is 0 Å². The fourth-order valence-corrected chi connectivity index (χ4v) is 20.4. The summed E-state index contributed by atoms with van der Waals surface area (Å²) in [5.74, 6) is 0. The molecule has 0 atom stereocenters. The number of aryl methyl sites for hydroxylation is 4. The van der Waals surface area contributed by atoms with E-state index in [1.165, 1.54) is 124 Å². The smallest absolute Gasteiger partial charge is 1.00 e. The number of fused-ring (bicyclic) bond motifs is 4. The predicted octanol–water partition coefficient (Wildman–Crippen LogP) is 10.9. The first-order valence-electron chi connectivity index (χ1n) is 27.8. The molecule has 0 saturated carbocycles. The van der Waals surface area contributed by atoms with Gasteiger partial charge < -0.3 is 24.8 Å². The van der Waals surface area contributed by atoms with Gasteiger partial charge in [-0.3, -0.25) is 0 Å². The fourth-order valence-electron chi connectivity index (χ4n) is 10.3. The van der Waals surface area contributed by atoms with Gasteiger partial charge in [0.2, 0.25) is 0 Å². The largest absolute Gasteiger partial charge is 1.00 e. The summed E-state index contributed by atoms with van der Waals surface area (Å²) in [5, 5.41) is 18.7. The van der Waals surface area contributed by atoms with Crippen LogP contribution in [0.25, 0.3) is 43.1 Å². The van der Waals surface area contributed by atoms with Gasteiger partial charge in [0.05, 0.1) is 0 Å². The van der Waals surface area contributed by atoms with Crippen LogP contribution >= 0.6 is 0 Å². The Balaban J connectivity index is 0.000000466. The van der Waals surface area contributed by atoms with Crippen LogP contribution in [0, 0.1) is 0 Å². The molecule has 0 fully saturated rings. The topological polar surface area (TPSA) is 0 Å². The Hall–Kier alpha value is -1.73. The quantitative estimate of drug-likeness (QED) is 0.0668. The summed E-state index contributed by atoms with van der Waals surface area (Å²) in [5.41, 5.74) is 6.38. The molecule has 0 aliphatic carbocycles. The third-order valence-corrected chi connectivity index (χ3v) is 25.9. The van der Waals surface area contributed by atoms with Gasteiger partial charge in [-0.2, -0.15) is 20.7 Å². The Morgan fingerprint density at radius 2 is 0.459 bits per heavy atom. The minimum Gasteiger partial charge on any atom is -1.00 e. The number of rotatable bonds is 16. The van der Waals surface area contributed by atoms with E-state index >= 15 is 0 Å². The van der Waals surface area contributed by atoms with E-state index in [0.29, 0.717) is 0 Å². The molecule has 8 heteroatoms. The molecule has 0 aromatic heterocycles. The van der Waals surface area contributed by atoms with E-state index in [-0.39, 0.29) is 60.0 Å². The second-order valence-corrected chi connectivity index (χ2v) is 36.6. The average molecular weight is 1250 g/mol. The molecule has 8 rings (SSSR count). The van der Waals surface area contributed by atoms with Crippen LogP contribution in [0.1, 0.15) is 133 Å². The molecule has 0 amide bonds. The minimum atomic E-state index is -0.325. The van der Waals surface area contributed by atoms with E-state index in [1.54, 1.807) is 91.5 Å². The van der Waals surface area contributed by atoms with Gasteiger partial charge >= 0.3 is 82.6 Å². The Labute approximate surface area is 502 Å². The van der Waals surface area contributed by atoms with Crippen LogP contribution in [0.5, 0.6) is 0 Å². The second-order valence-electron chi connectivity index (χ2n) is 19.2. The third-order valence-electron chi connectivity index (χ3n) is 13.9. The van der Waals surface area contributed by atoms with Crippen LogP contribution in [0.3, 0.4) is 0 Å². The van der Waals surface area contributed by atoms with E-state index in [1.807, 2.05) is 0 Å². The van der Waals surface area contributed by atoms with Gasteiger partial charge in [0.25, 0.3) is 0 Å². The van der Waals surface area contributed by atoms with Crippen molar-refractivity contribution in [1.29, 1.82) is 0 Å². The maximum Gasteiger partial charge on any atom is -1.00 e. The summed E-state index contributed by atoms with van der Waals surface area (Å²) < 4.78 is 3.01. The number of halogens is 2. The van der Waals surface area contributed by atoms with Gasteiger partial charge in [0, 0.05) is 35.2 Å². The summed E-state index contributed by atoms with van der Waals surface area (Å²) in [6.45, 7) is 36.4. The van der Waals surface area contributed by atoms with Crippen molar-refractivity contribution in [3.8, 4) is 0 Å². The van der Waals surface area contributed by atoms with Gasteiger partial charge in [0.1, 0.15) is 0 Å². The predicted molar refractivity (Wildman–Crippen MR) is 334 cm³/mol. The maximum absolute atomic E-state index is 2.40. The van der Waals surface area contributed by atoms with Gasteiger partial charge in [0.15, 0.2) is 0 Å². The number of hydrogen-bond donors (Lipinski definition) is 0. The molecular weight excluding hydrogens is 1160 g/mol. The Kier molecular flexibility index (Phi) is 36.1. The molecule has 4 radical (unpaired) electrons. The van der Waals surface area contributed by atoms with Crippen LogP contribution < -0.4 is 45.6 Å². The molecule has 0 saturated heterocycles. The monoisotopic (exact) mass is 1250 g/mol. The molecule has 8 aromatic carbocycles. The van der Waals surface area contributed by atoms with E-state index in [9.17, 15) is 0 Å². The summed E-state index contributed by atoms with van der Waals surface area (Å²) >= 11 is 3.11. The zero-order valence-electron chi connectivity index (χ0n) is 48.8. The van der Waals surface area contributed by atoms with Gasteiger partial charge in [-0.05, 0) is 25.7 Å². The summed E-state index contributed by atoms with van der Waals surface area (Å²) in [6.07, 6.45) is 4.72. The molecule has 0 unspecified atom stereocenters. The van der Waals surface area contributed by atoms with Crippen LogP contribution in [0.2, 0.25) is 48.4 Å². The molecule has 0 nitrogen and oxygen atoms in total. The molecule has 0 heterocycles. The SMILES string of the molecule is CCc1[cH-]c2ccccc2c1[Si](CC)CC.CCc1[cH-]c2ccccc2c1[Si](CC)CC.CCc1[cH-]c2ccccc2c1[Si](CC)CC.CCc1[cH-]c2ccccc2c1[Si](CC)CC.C[C](C)=[Zr+2].C[C](C)=[Zr+2].[Cl-].[Cl-]. The normalized spacial score (nSPS) is 10.7. The van der Waals surface area contributed by atoms with Crippen molar-refractivity contribution in [2.24, 2.45) is 0 Å². The zero-order chi connectivity index (χ0) is 53.3. The van der Waals surface area contributed by atoms with Gasteiger partial charge in [-0.15, -0.1) is 162 Å². The molecule has 0 N–H and O–H groups in total. The van der Waals surface area contributed by atoms with Crippen LogP contribution in [-0.2, 0) is 74.2 Å². The molecule has 74 heavy (non-hydrogen) atoms. The van der Waals surface area contributed by atoms with Crippen molar-refractivity contribution in [1.82, 2.24) is 0 Å². The molecule has 0 aliphatic heterocycles. The van der Waals surface area contributed by atoms with Crippen molar-refractivity contribution in [2.75, 3.05) is 0 Å². The van der Waals surface area contributed by atoms with Crippen LogP contribution in [0.4, 0.5) is 0 Å². The summed E-state index contributed by atoms with van der Waals surface area (Å²) in [4.78, 5) is 0. The van der Waals surface area contributed by atoms with E-state index < -0.39 is 0 Å². The van der Waals surface area contributed by atoms with E-state index in [0.717, 1.165) is 0 Å². The first-order valence-corrected chi connectivity index (χ1v) is 38.0. The standard InChI is InChI=1S/4C15H20Si.2C3H6.2ClH.2Zr/c4*1-4-12-11-13-9-7-8-10-14(13)15(12)16(5-2)6-3;2*1-3-2;;;;/h4*7-11H,4-6H2,1-3H3;2*1-2H3;2*1H;;/q4*-1;;;;;2*+2/p-2. The summed E-state index contributed by atoms with van der Waals surface area (Å²) in [7, 11) is -1.30. The molecule has 0 aliphatic rings. The fraction of sp³-hybridized carbons (Fsp3) is 0.424. The first-order chi connectivity index (χ1) is 34.7. The Bertz CT molecular complexity index is 2430. The number of hydrogen-bond acceptors (Lipinski definition) is 0. The third kappa shape index (κ3) is 19.9. The zero-order valence-corrected chi connectivity index (χ0v) is 59.2. The number of benzene rings is 4. The van der Waals surface area contributed by atoms with Crippen LogP contribution in [-0.4, -0.2) is 41.6 Å². The van der Waals surface area contributed by atoms with Crippen molar-refractivity contribution < 1.29 is 73.3 Å². The van der Waals surface area contributed by atoms with Crippen molar-refractivity contribution >= 4 is 105 Å². The Morgan fingerprint density at radius 3 is 0.595 bits per heavy atom. The molecule has 8 aromatic rings. The van der Waals surface area contributed by atoms with Gasteiger partial charge in [-0.25, -0.2) is 0 Å². The Morgan fingerprint density at radius 1 is 0.311 bits per heavy atom. The molecule has 0 bridgehead atoms. The molecule has 0 spiro atoms. The minimum absolute atomic E-state index is 0. The second kappa shape index (κ2) is 38.0. The van der Waals surface area contributed by atoms with Crippen molar-refractivity contribution in [3.63, 3.8) is 0 Å². The van der Waals surface area contributed by atoms with Crippen molar-refractivity contribution in [3.05, 3.63) is 144 Å². The van der Waals surface area contributed by atoms with Crippen LogP contribution in [0.15, 0.2) is 121 Å². The van der Waals surface area contributed by atoms with Crippen molar-refractivity contribution in [2.45, 2.75) is 185 Å². The van der Waals surface area contributed by atoms with Gasteiger partial charge in [-0.1, -0.05) is 156 Å². The molecular formula is C66H92Cl2Si4Zr2-2. The maximum atomic E-state index is 2.40. The van der Waals surface area contributed by atoms with E-state index in [2.05, 4.69) is 232 Å².